The van der Waals surface area contributed by atoms with Gasteiger partial charge in [-0.1, -0.05) is 0 Å². The maximum absolute atomic E-state index is 11.0. The molecule has 2 unspecified atom stereocenters. The summed E-state index contributed by atoms with van der Waals surface area (Å²) in [5.74, 6) is 0.289. The fourth-order valence-electron chi connectivity index (χ4n) is 3.19. The van der Waals surface area contributed by atoms with Crippen molar-refractivity contribution in [2.45, 2.75) is 43.8 Å². The number of hydrogen-bond acceptors (Lipinski definition) is 5. The summed E-state index contributed by atoms with van der Waals surface area (Å²) in [6.45, 7) is 0. The van der Waals surface area contributed by atoms with Gasteiger partial charge in [-0.05, 0) is 37.8 Å². The van der Waals surface area contributed by atoms with Crippen LogP contribution < -0.4 is 16.4 Å². The molecule has 0 spiro atoms. The summed E-state index contributed by atoms with van der Waals surface area (Å²) in [5, 5.41) is 8.00. The second-order valence-electron chi connectivity index (χ2n) is 5.16. The summed E-state index contributed by atoms with van der Waals surface area (Å²) in [6, 6.07) is 4.70. The fraction of sp³-hybridized carbons (Fsp3) is 0.583. The maximum atomic E-state index is 11.0. The van der Waals surface area contributed by atoms with Gasteiger partial charge in [-0.2, -0.15) is 0 Å². The Balaban J connectivity index is 1.85. The van der Waals surface area contributed by atoms with Crippen LogP contribution in [0, 0.1) is 0 Å². The lowest BCUT2D eigenvalue weighted by atomic mass is 9.98. The SMILES string of the molecule is NC(=O)c1ccc(N2C3CCC2CC(N)C3)nn1. The molecule has 2 aliphatic heterocycles. The van der Waals surface area contributed by atoms with Crippen LogP contribution in [0.5, 0.6) is 0 Å². The number of aromatic nitrogens is 2. The van der Waals surface area contributed by atoms with Gasteiger partial charge >= 0.3 is 0 Å². The van der Waals surface area contributed by atoms with Gasteiger partial charge in [0.05, 0.1) is 0 Å². The first-order chi connectivity index (χ1) is 8.65. The van der Waals surface area contributed by atoms with Crippen molar-refractivity contribution in [2.24, 2.45) is 11.5 Å². The van der Waals surface area contributed by atoms with Crippen LogP contribution in [-0.4, -0.2) is 34.2 Å². The first-order valence-electron chi connectivity index (χ1n) is 6.32. The molecular weight excluding hydrogens is 230 g/mol. The zero-order valence-electron chi connectivity index (χ0n) is 10.1. The molecule has 6 heteroatoms. The molecule has 0 radical (unpaired) electrons. The first kappa shape index (κ1) is 11.4. The molecule has 3 rings (SSSR count). The van der Waals surface area contributed by atoms with Crippen molar-refractivity contribution in [2.75, 3.05) is 4.90 Å². The van der Waals surface area contributed by atoms with Gasteiger partial charge in [-0.3, -0.25) is 4.79 Å². The van der Waals surface area contributed by atoms with Gasteiger partial charge in [0.2, 0.25) is 0 Å². The molecule has 3 heterocycles. The van der Waals surface area contributed by atoms with E-state index < -0.39 is 5.91 Å². The predicted molar refractivity (Wildman–Crippen MR) is 67.0 cm³/mol. The van der Waals surface area contributed by atoms with E-state index in [-0.39, 0.29) is 5.69 Å². The molecule has 2 bridgehead atoms. The van der Waals surface area contributed by atoms with Crippen LogP contribution in [0.4, 0.5) is 5.82 Å². The Bertz CT molecular complexity index is 446. The van der Waals surface area contributed by atoms with Crippen LogP contribution in [0.15, 0.2) is 12.1 Å². The van der Waals surface area contributed by atoms with E-state index in [4.69, 9.17) is 11.5 Å². The maximum Gasteiger partial charge on any atom is 0.269 e. The number of piperidine rings is 1. The van der Waals surface area contributed by atoms with Crippen molar-refractivity contribution < 1.29 is 4.79 Å². The molecule has 1 aromatic rings. The second kappa shape index (κ2) is 4.20. The molecule has 0 saturated carbocycles. The molecule has 1 amide bonds. The lowest BCUT2D eigenvalue weighted by molar-refractivity contribution is 0.0994. The average molecular weight is 247 g/mol. The van der Waals surface area contributed by atoms with E-state index in [1.54, 1.807) is 6.07 Å². The third-order valence-corrected chi connectivity index (χ3v) is 3.94. The summed E-state index contributed by atoms with van der Waals surface area (Å²) < 4.78 is 0. The Morgan fingerprint density at radius 1 is 1.22 bits per heavy atom. The second-order valence-corrected chi connectivity index (χ2v) is 5.16. The van der Waals surface area contributed by atoms with E-state index in [1.807, 2.05) is 6.07 Å². The topological polar surface area (TPSA) is 98.1 Å². The van der Waals surface area contributed by atoms with Crippen LogP contribution in [0.1, 0.15) is 36.2 Å². The molecular formula is C12H17N5O. The minimum Gasteiger partial charge on any atom is -0.364 e. The first-order valence-corrected chi connectivity index (χ1v) is 6.32. The third kappa shape index (κ3) is 1.82. The smallest absolute Gasteiger partial charge is 0.269 e. The minimum atomic E-state index is -0.544. The van der Waals surface area contributed by atoms with Crippen molar-refractivity contribution in [1.82, 2.24) is 10.2 Å². The number of anilines is 1. The highest BCUT2D eigenvalue weighted by molar-refractivity contribution is 5.90. The van der Waals surface area contributed by atoms with Crippen LogP contribution >= 0.6 is 0 Å². The number of fused-ring (bicyclic) bond motifs is 2. The predicted octanol–water partition coefficient (Wildman–Crippen LogP) is 0.0340. The lowest BCUT2D eigenvalue weighted by Gasteiger charge is -2.38. The molecule has 2 fully saturated rings. The van der Waals surface area contributed by atoms with Gasteiger partial charge in [0.1, 0.15) is 0 Å². The largest absolute Gasteiger partial charge is 0.364 e. The highest BCUT2D eigenvalue weighted by Crippen LogP contribution is 2.37. The highest BCUT2D eigenvalue weighted by atomic mass is 16.1. The number of carbonyl (C=O) groups is 1. The zero-order chi connectivity index (χ0) is 12.7. The number of carbonyl (C=O) groups excluding carboxylic acids is 1. The summed E-state index contributed by atoms with van der Waals surface area (Å²) in [6.07, 6.45) is 4.35. The monoisotopic (exact) mass is 247 g/mol. The summed E-state index contributed by atoms with van der Waals surface area (Å²) in [7, 11) is 0. The van der Waals surface area contributed by atoms with E-state index in [0.29, 0.717) is 18.1 Å². The molecule has 2 aliphatic rings. The molecule has 0 aromatic carbocycles. The Hall–Kier alpha value is -1.69. The molecule has 18 heavy (non-hydrogen) atoms. The normalized spacial score (nSPS) is 30.5. The van der Waals surface area contributed by atoms with Gasteiger partial charge in [0.25, 0.3) is 5.91 Å². The van der Waals surface area contributed by atoms with Gasteiger partial charge < -0.3 is 16.4 Å². The van der Waals surface area contributed by atoms with Crippen molar-refractivity contribution >= 4 is 11.7 Å². The van der Waals surface area contributed by atoms with E-state index in [2.05, 4.69) is 15.1 Å². The summed E-state index contributed by atoms with van der Waals surface area (Å²) in [5.41, 5.74) is 11.4. The average Bonchev–Trinajstić information content (AvgIpc) is 2.62. The number of hydrogen-bond donors (Lipinski definition) is 2. The van der Waals surface area contributed by atoms with Crippen LogP contribution in [0.25, 0.3) is 0 Å². The van der Waals surface area contributed by atoms with E-state index in [1.165, 1.54) is 0 Å². The summed E-state index contributed by atoms with van der Waals surface area (Å²) in [4.78, 5) is 13.3. The molecule has 0 aliphatic carbocycles. The van der Waals surface area contributed by atoms with E-state index >= 15 is 0 Å². The number of amides is 1. The Kier molecular flexibility index (Phi) is 2.66. The number of primary amides is 1. The van der Waals surface area contributed by atoms with Gasteiger partial charge in [-0.25, -0.2) is 0 Å². The van der Waals surface area contributed by atoms with Crippen molar-refractivity contribution in [1.29, 1.82) is 0 Å². The van der Waals surface area contributed by atoms with Crippen molar-refractivity contribution in [3.05, 3.63) is 17.8 Å². The Labute approximate surface area is 105 Å². The number of nitrogens with zero attached hydrogens (tertiary/aromatic N) is 3. The number of nitrogens with two attached hydrogens (primary N) is 2. The van der Waals surface area contributed by atoms with E-state index in [9.17, 15) is 4.79 Å². The third-order valence-electron chi connectivity index (χ3n) is 3.94. The van der Waals surface area contributed by atoms with Gasteiger partial charge in [0.15, 0.2) is 11.5 Å². The molecule has 6 nitrogen and oxygen atoms in total. The van der Waals surface area contributed by atoms with Crippen molar-refractivity contribution in [3.8, 4) is 0 Å². The quantitative estimate of drug-likeness (QED) is 0.768. The Morgan fingerprint density at radius 3 is 2.39 bits per heavy atom. The van der Waals surface area contributed by atoms with E-state index in [0.717, 1.165) is 31.5 Å². The van der Waals surface area contributed by atoms with Crippen LogP contribution in [-0.2, 0) is 0 Å². The number of rotatable bonds is 2. The van der Waals surface area contributed by atoms with Gasteiger partial charge in [0, 0.05) is 18.1 Å². The minimum absolute atomic E-state index is 0.208. The molecule has 4 N–H and O–H groups in total. The molecule has 96 valence electrons. The fourth-order valence-corrected chi connectivity index (χ4v) is 3.19. The van der Waals surface area contributed by atoms with Crippen LogP contribution in [0.2, 0.25) is 0 Å². The molecule has 1 aromatic heterocycles. The van der Waals surface area contributed by atoms with Crippen molar-refractivity contribution in [3.63, 3.8) is 0 Å². The van der Waals surface area contributed by atoms with Crippen LogP contribution in [0.3, 0.4) is 0 Å². The zero-order valence-corrected chi connectivity index (χ0v) is 10.1. The Morgan fingerprint density at radius 2 is 1.89 bits per heavy atom. The van der Waals surface area contributed by atoms with Gasteiger partial charge in [-0.15, -0.1) is 10.2 Å². The molecule has 2 saturated heterocycles. The summed E-state index contributed by atoms with van der Waals surface area (Å²) >= 11 is 0. The lowest BCUT2D eigenvalue weighted by Crippen LogP contribution is -2.48. The standard InChI is InChI=1S/C12H17N5O/c13-7-5-8-1-2-9(6-7)17(8)11-4-3-10(12(14)18)15-16-11/h3-4,7-9H,1-2,5-6,13H2,(H2,14,18). The molecule has 2 atom stereocenters. The highest BCUT2D eigenvalue weighted by Gasteiger charge is 2.40.